The van der Waals surface area contributed by atoms with Crippen molar-refractivity contribution in [3.8, 4) is 34.4 Å². The molecule has 0 bridgehead atoms. The number of hydrogen-bond acceptors (Lipinski definition) is 4. The zero-order valence-electron chi connectivity index (χ0n) is 18.1. The molecule has 0 amide bonds. The molecule has 4 heterocycles. The van der Waals surface area contributed by atoms with Gasteiger partial charge in [0.15, 0.2) is 0 Å². The first-order valence-electron chi connectivity index (χ1n) is 10.4. The van der Waals surface area contributed by atoms with Crippen molar-refractivity contribution >= 4 is 5.52 Å². The predicted molar refractivity (Wildman–Crippen MR) is 123 cm³/mol. The maximum absolute atomic E-state index is 5.68. The molecule has 4 aromatic heterocycles. The lowest BCUT2D eigenvalue weighted by molar-refractivity contribution is 0.417. The van der Waals surface area contributed by atoms with Crippen LogP contribution in [-0.2, 0) is 13.5 Å². The molecule has 0 aliphatic rings. The van der Waals surface area contributed by atoms with Gasteiger partial charge >= 0.3 is 0 Å². The van der Waals surface area contributed by atoms with Gasteiger partial charge in [0.1, 0.15) is 11.3 Å². The maximum atomic E-state index is 5.68. The van der Waals surface area contributed by atoms with Crippen LogP contribution < -0.4 is 4.74 Å². The first kappa shape index (κ1) is 19.6. The van der Waals surface area contributed by atoms with E-state index in [1.54, 1.807) is 22.5 Å². The summed E-state index contributed by atoms with van der Waals surface area (Å²) in [5.74, 6) is 7.28. The fourth-order valence-corrected chi connectivity index (χ4v) is 3.80. The highest BCUT2D eigenvalue weighted by atomic mass is 16.5. The lowest BCUT2D eigenvalue weighted by atomic mass is 10.1. The Balaban J connectivity index is 1.56. The highest BCUT2D eigenvalue weighted by Crippen LogP contribution is 2.29. The third-order valence-corrected chi connectivity index (χ3v) is 5.37. The normalized spacial score (nSPS) is 10.8. The number of methoxy groups -OCH3 is 1. The monoisotopic (exact) mass is 422 g/mol. The van der Waals surface area contributed by atoms with E-state index >= 15 is 0 Å². The van der Waals surface area contributed by atoms with Crippen LogP contribution in [0.15, 0.2) is 67.4 Å². The number of fused-ring (bicyclic) bond motifs is 1. The Hall–Kier alpha value is -4.31. The molecule has 5 rings (SSSR count). The second-order valence-corrected chi connectivity index (χ2v) is 7.41. The van der Waals surface area contributed by atoms with E-state index in [4.69, 9.17) is 4.74 Å². The minimum absolute atomic E-state index is 0.712. The van der Waals surface area contributed by atoms with Crippen LogP contribution in [0, 0.1) is 11.8 Å². The highest BCUT2D eigenvalue weighted by molar-refractivity contribution is 5.75. The number of rotatable bonds is 4. The molecule has 7 nitrogen and oxygen atoms in total. The third-order valence-electron chi connectivity index (χ3n) is 5.37. The summed E-state index contributed by atoms with van der Waals surface area (Å²) in [6.45, 7) is 2.11. The van der Waals surface area contributed by atoms with Gasteiger partial charge in [-0.05, 0) is 24.6 Å². The molecular formula is C25H22N6O. The highest BCUT2D eigenvalue weighted by Gasteiger charge is 2.13. The molecule has 0 spiro atoms. The molecule has 1 aromatic carbocycles. The standard InChI is InChI=1S/C25H22N6O/c1-4-23-18(13-28-31(23)22-8-6-5-7-9-22)10-11-19-14-27-30-17-20(12-24(32-3)25(19)30)21-15-26-29(2)16-21/h5-9,12-17H,4H2,1-3H3. The van der Waals surface area contributed by atoms with Gasteiger partial charge in [-0.2, -0.15) is 15.3 Å². The van der Waals surface area contributed by atoms with E-state index in [0.717, 1.165) is 45.6 Å². The predicted octanol–water partition coefficient (Wildman–Crippen LogP) is 3.89. The SMILES string of the molecule is CCc1c(C#Cc2cnn3cc(-c4cnn(C)c4)cc(OC)c23)cnn1-c1ccccc1. The second-order valence-electron chi connectivity index (χ2n) is 7.41. The molecule has 7 heteroatoms. The van der Waals surface area contributed by atoms with Crippen molar-refractivity contribution in [1.29, 1.82) is 0 Å². The smallest absolute Gasteiger partial charge is 0.146 e. The minimum Gasteiger partial charge on any atom is -0.494 e. The lowest BCUT2D eigenvalue weighted by Crippen LogP contribution is -2.01. The summed E-state index contributed by atoms with van der Waals surface area (Å²) in [5.41, 5.74) is 6.61. The van der Waals surface area contributed by atoms with Gasteiger partial charge in [-0.1, -0.05) is 37.0 Å². The van der Waals surface area contributed by atoms with Crippen LogP contribution in [-0.4, -0.2) is 36.3 Å². The number of ether oxygens (including phenoxy) is 1. The Kier molecular flexibility index (Phi) is 4.96. The summed E-state index contributed by atoms with van der Waals surface area (Å²) in [4.78, 5) is 0. The van der Waals surface area contributed by atoms with Crippen molar-refractivity contribution in [1.82, 2.24) is 29.2 Å². The number of aryl methyl sites for hydroxylation is 1. The van der Waals surface area contributed by atoms with Crippen LogP contribution in [0.3, 0.4) is 0 Å². The second kappa shape index (κ2) is 8.08. The molecular weight excluding hydrogens is 400 g/mol. The van der Waals surface area contributed by atoms with Crippen molar-refractivity contribution in [2.75, 3.05) is 7.11 Å². The van der Waals surface area contributed by atoms with Crippen LogP contribution in [0.4, 0.5) is 0 Å². The van der Waals surface area contributed by atoms with Crippen molar-refractivity contribution < 1.29 is 4.74 Å². The summed E-state index contributed by atoms with van der Waals surface area (Å²) in [7, 11) is 3.55. The molecule has 0 aliphatic heterocycles. The van der Waals surface area contributed by atoms with Crippen molar-refractivity contribution in [2.45, 2.75) is 13.3 Å². The molecule has 0 radical (unpaired) electrons. The molecule has 5 aromatic rings. The zero-order valence-corrected chi connectivity index (χ0v) is 18.1. The van der Waals surface area contributed by atoms with Crippen LogP contribution in [0.5, 0.6) is 5.75 Å². The summed E-state index contributed by atoms with van der Waals surface area (Å²) in [6, 6.07) is 12.1. The fraction of sp³-hybridized carbons (Fsp3) is 0.160. The van der Waals surface area contributed by atoms with E-state index in [1.807, 2.05) is 72.9 Å². The van der Waals surface area contributed by atoms with Crippen LogP contribution in [0.1, 0.15) is 23.7 Å². The van der Waals surface area contributed by atoms with Crippen LogP contribution in [0.2, 0.25) is 0 Å². The Morgan fingerprint density at radius 1 is 0.906 bits per heavy atom. The van der Waals surface area contributed by atoms with Crippen molar-refractivity contribution in [2.24, 2.45) is 7.05 Å². The molecule has 0 saturated carbocycles. The average Bonchev–Trinajstić information content (AvgIpc) is 3.55. The number of nitrogens with zero attached hydrogens (tertiary/aromatic N) is 6. The Morgan fingerprint density at radius 2 is 1.69 bits per heavy atom. The van der Waals surface area contributed by atoms with E-state index in [9.17, 15) is 0 Å². The number of para-hydroxylation sites is 1. The Labute approximate surface area is 185 Å². The number of pyridine rings is 1. The Bertz CT molecular complexity index is 1460. The van der Waals surface area contributed by atoms with E-state index < -0.39 is 0 Å². The lowest BCUT2D eigenvalue weighted by Gasteiger charge is -2.06. The molecule has 0 saturated heterocycles. The molecule has 158 valence electrons. The third kappa shape index (κ3) is 3.42. The number of benzene rings is 1. The molecule has 0 fully saturated rings. The van der Waals surface area contributed by atoms with Gasteiger partial charge in [0, 0.05) is 30.6 Å². The molecule has 0 aliphatic carbocycles. The van der Waals surface area contributed by atoms with Crippen molar-refractivity contribution in [3.63, 3.8) is 0 Å². The molecule has 0 atom stereocenters. The van der Waals surface area contributed by atoms with Gasteiger partial charge in [-0.15, -0.1) is 0 Å². The fourth-order valence-electron chi connectivity index (χ4n) is 3.80. The number of aromatic nitrogens is 6. The minimum atomic E-state index is 0.712. The summed E-state index contributed by atoms with van der Waals surface area (Å²) in [5, 5.41) is 13.3. The van der Waals surface area contributed by atoms with E-state index in [1.165, 1.54) is 0 Å². The van der Waals surface area contributed by atoms with Gasteiger partial charge in [0.25, 0.3) is 0 Å². The van der Waals surface area contributed by atoms with Crippen LogP contribution in [0.25, 0.3) is 22.3 Å². The van der Waals surface area contributed by atoms with Crippen LogP contribution >= 0.6 is 0 Å². The average molecular weight is 422 g/mol. The van der Waals surface area contributed by atoms with Gasteiger partial charge < -0.3 is 4.74 Å². The van der Waals surface area contributed by atoms with E-state index in [2.05, 4.69) is 34.1 Å². The molecule has 0 N–H and O–H groups in total. The largest absolute Gasteiger partial charge is 0.494 e. The summed E-state index contributed by atoms with van der Waals surface area (Å²) >= 11 is 0. The van der Waals surface area contributed by atoms with E-state index in [0.29, 0.717) is 5.75 Å². The van der Waals surface area contributed by atoms with Gasteiger partial charge in [0.2, 0.25) is 0 Å². The van der Waals surface area contributed by atoms with E-state index in [-0.39, 0.29) is 0 Å². The van der Waals surface area contributed by atoms with Gasteiger partial charge in [-0.25, -0.2) is 9.20 Å². The maximum Gasteiger partial charge on any atom is 0.146 e. The molecule has 32 heavy (non-hydrogen) atoms. The topological polar surface area (TPSA) is 62.2 Å². The van der Waals surface area contributed by atoms with Crippen molar-refractivity contribution in [3.05, 3.63) is 84.2 Å². The zero-order chi connectivity index (χ0) is 22.1. The quantitative estimate of drug-likeness (QED) is 0.412. The summed E-state index contributed by atoms with van der Waals surface area (Å²) < 4.78 is 11.2. The first-order valence-corrected chi connectivity index (χ1v) is 10.4. The van der Waals surface area contributed by atoms with Gasteiger partial charge in [-0.3, -0.25) is 4.68 Å². The first-order chi connectivity index (χ1) is 15.7. The Morgan fingerprint density at radius 3 is 2.41 bits per heavy atom. The molecule has 0 unspecified atom stereocenters. The summed E-state index contributed by atoms with van der Waals surface area (Å²) in [6.07, 6.45) is 10.2. The van der Waals surface area contributed by atoms with Gasteiger partial charge in [0.05, 0.1) is 48.2 Å². The number of hydrogen-bond donors (Lipinski definition) is 0.